The quantitative estimate of drug-likeness (QED) is 0.660. The van der Waals surface area contributed by atoms with Gasteiger partial charge in [-0.15, -0.1) is 0 Å². The largest absolute Gasteiger partial charge is 0.454 e. The number of carbonyl (C=O) groups is 2. The Bertz CT molecular complexity index is 425. The predicted molar refractivity (Wildman–Crippen MR) is 58.8 cm³/mol. The number of hydrogen-bond donors (Lipinski definition) is 2. The highest BCUT2D eigenvalue weighted by Crippen LogP contribution is 2.18. The predicted octanol–water partition coefficient (Wildman–Crippen LogP) is -0.713. The zero-order chi connectivity index (χ0) is 12.3. The zero-order valence-corrected chi connectivity index (χ0v) is 9.26. The van der Waals surface area contributed by atoms with Crippen molar-refractivity contribution in [1.29, 1.82) is 0 Å². The average molecular weight is 238 g/mol. The van der Waals surface area contributed by atoms with E-state index in [1.165, 1.54) is 17.1 Å². The molecule has 0 bridgehead atoms. The molecule has 1 saturated carbocycles. The van der Waals surface area contributed by atoms with E-state index in [4.69, 9.17) is 10.5 Å². The summed E-state index contributed by atoms with van der Waals surface area (Å²) < 4.78 is 6.15. The minimum Gasteiger partial charge on any atom is -0.454 e. The fourth-order valence-corrected chi connectivity index (χ4v) is 1.29. The van der Waals surface area contributed by atoms with Crippen LogP contribution in [0, 0.1) is 0 Å². The van der Waals surface area contributed by atoms with Crippen LogP contribution in [0.1, 0.15) is 12.8 Å². The number of nitrogens with one attached hydrogen (secondary N) is 1. The number of nitrogen functional groups attached to an aromatic ring is 1. The van der Waals surface area contributed by atoms with Gasteiger partial charge in [0.05, 0.1) is 11.9 Å². The van der Waals surface area contributed by atoms with E-state index in [-0.39, 0.29) is 25.1 Å². The normalized spacial score (nSPS) is 14.4. The Morgan fingerprint density at radius 3 is 2.94 bits per heavy atom. The summed E-state index contributed by atoms with van der Waals surface area (Å²) in [5.41, 5.74) is 5.91. The molecule has 1 fully saturated rings. The molecule has 0 saturated heterocycles. The van der Waals surface area contributed by atoms with Crippen molar-refractivity contribution in [2.24, 2.45) is 0 Å². The number of ether oxygens (including phenoxy) is 1. The number of aromatic nitrogens is 2. The van der Waals surface area contributed by atoms with Gasteiger partial charge in [-0.25, -0.2) is 0 Å². The molecular formula is C10H14N4O3. The van der Waals surface area contributed by atoms with Crippen molar-refractivity contribution in [2.75, 3.05) is 12.3 Å². The van der Waals surface area contributed by atoms with Gasteiger partial charge in [0.1, 0.15) is 6.54 Å². The maximum absolute atomic E-state index is 11.3. The molecule has 0 aliphatic heterocycles. The maximum atomic E-state index is 11.3. The molecule has 1 aliphatic carbocycles. The molecule has 1 amide bonds. The molecule has 92 valence electrons. The van der Waals surface area contributed by atoms with Gasteiger partial charge in [-0.05, 0) is 12.8 Å². The van der Waals surface area contributed by atoms with Crippen molar-refractivity contribution >= 4 is 17.6 Å². The van der Waals surface area contributed by atoms with Crippen LogP contribution in [0.15, 0.2) is 12.4 Å². The van der Waals surface area contributed by atoms with Gasteiger partial charge in [-0.2, -0.15) is 5.10 Å². The van der Waals surface area contributed by atoms with E-state index in [0.29, 0.717) is 5.69 Å². The minimum atomic E-state index is -0.515. The summed E-state index contributed by atoms with van der Waals surface area (Å²) in [7, 11) is 0. The molecule has 7 heteroatoms. The summed E-state index contributed by atoms with van der Waals surface area (Å²) in [6, 6.07) is 0.270. The molecule has 2 rings (SSSR count). The highest BCUT2D eigenvalue weighted by atomic mass is 16.5. The van der Waals surface area contributed by atoms with Gasteiger partial charge in [0.25, 0.3) is 5.91 Å². The minimum absolute atomic E-state index is 0.0477. The summed E-state index contributed by atoms with van der Waals surface area (Å²) >= 11 is 0. The van der Waals surface area contributed by atoms with E-state index in [0.717, 1.165) is 12.8 Å². The highest BCUT2D eigenvalue weighted by molar-refractivity contribution is 5.80. The van der Waals surface area contributed by atoms with Crippen LogP contribution < -0.4 is 11.1 Å². The molecule has 17 heavy (non-hydrogen) atoms. The van der Waals surface area contributed by atoms with Crippen LogP contribution in [0.5, 0.6) is 0 Å². The summed E-state index contributed by atoms with van der Waals surface area (Å²) in [6.07, 6.45) is 4.97. The molecule has 3 N–H and O–H groups in total. The van der Waals surface area contributed by atoms with Gasteiger partial charge >= 0.3 is 5.97 Å². The van der Waals surface area contributed by atoms with Gasteiger partial charge in [0.2, 0.25) is 0 Å². The van der Waals surface area contributed by atoms with Gasteiger partial charge in [0, 0.05) is 12.2 Å². The summed E-state index contributed by atoms with van der Waals surface area (Å²) in [4.78, 5) is 22.5. The monoisotopic (exact) mass is 238 g/mol. The molecule has 0 unspecified atom stereocenters. The topological polar surface area (TPSA) is 99.2 Å². The van der Waals surface area contributed by atoms with E-state index in [1.807, 2.05) is 0 Å². The SMILES string of the molecule is Nc1cnn(CC(=O)OCC(=O)NC2CC2)c1. The van der Waals surface area contributed by atoms with Crippen molar-refractivity contribution in [2.45, 2.75) is 25.4 Å². The molecule has 0 radical (unpaired) electrons. The number of rotatable bonds is 5. The van der Waals surface area contributed by atoms with Gasteiger partial charge in [-0.3, -0.25) is 14.3 Å². The van der Waals surface area contributed by atoms with Crippen molar-refractivity contribution in [1.82, 2.24) is 15.1 Å². The summed E-state index contributed by atoms with van der Waals surface area (Å²) in [6.45, 7) is -0.292. The number of carbonyl (C=O) groups excluding carboxylic acids is 2. The second kappa shape index (κ2) is 4.86. The van der Waals surface area contributed by atoms with Crippen LogP contribution in [0.4, 0.5) is 5.69 Å². The Balaban J connectivity index is 1.68. The molecule has 1 aromatic rings. The van der Waals surface area contributed by atoms with Crippen molar-refractivity contribution < 1.29 is 14.3 Å². The number of nitrogens with two attached hydrogens (primary N) is 1. The van der Waals surface area contributed by atoms with E-state index in [1.54, 1.807) is 0 Å². The smallest absolute Gasteiger partial charge is 0.328 e. The highest BCUT2D eigenvalue weighted by Gasteiger charge is 2.23. The first-order valence-corrected chi connectivity index (χ1v) is 5.36. The molecule has 1 aromatic heterocycles. The van der Waals surface area contributed by atoms with E-state index in [2.05, 4.69) is 10.4 Å². The van der Waals surface area contributed by atoms with Crippen LogP contribution in [-0.2, 0) is 20.9 Å². The molecule has 0 spiro atoms. The number of hydrogen-bond acceptors (Lipinski definition) is 5. The first-order chi connectivity index (χ1) is 8.13. The van der Waals surface area contributed by atoms with E-state index >= 15 is 0 Å². The third kappa shape index (κ3) is 3.78. The lowest BCUT2D eigenvalue weighted by molar-refractivity contribution is -0.149. The fraction of sp³-hybridized carbons (Fsp3) is 0.500. The Morgan fingerprint density at radius 2 is 2.35 bits per heavy atom. The zero-order valence-electron chi connectivity index (χ0n) is 9.26. The molecule has 0 aromatic carbocycles. The van der Waals surface area contributed by atoms with E-state index in [9.17, 15) is 9.59 Å². The Hall–Kier alpha value is -2.05. The lowest BCUT2D eigenvalue weighted by atomic mass is 10.5. The standard InChI is InChI=1S/C10H14N4O3/c11-7-3-12-14(4-7)5-10(16)17-6-9(15)13-8-1-2-8/h3-4,8H,1-2,5-6,11H2,(H,13,15). The lowest BCUT2D eigenvalue weighted by Crippen LogP contribution is -2.31. The van der Waals surface area contributed by atoms with Crippen molar-refractivity contribution in [3.05, 3.63) is 12.4 Å². The first kappa shape index (κ1) is 11.4. The third-order valence-corrected chi connectivity index (χ3v) is 2.25. The van der Waals surface area contributed by atoms with Crippen molar-refractivity contribution in [3.63, 3.8) is 0 Å². The van der Waals surface area contributed by atoms with Crippen LogP contribution in [-0.4, -0.2) is 34.3 Å². The van der Waals surface area contributed by atoms with Crippen LogP contribution >= 0.6 is 0 Å². The molecule has 7 nitrogen and oxygen atoms in total. The van der Waals surface area contributed by atoms with Gasteiger partial charge in [-0.1, -0.05) is 0 Å². The molecule has 1 aliphatic rings. The van der Waals surface area contributed by atoms with Crippen LogP contribution in [0.2, 0.25) is 0 Å². The van der Waals surface area contributed by atoms with Crippen molar-refractivity contribution in [3.8, 4) is 0 Å². The first-order valence-electron chi connectivity index (χ1n) is 5.36. The lowest BCUT2D eigenvalue weighted by Gasteiger charge is -2.05. The third-order valence-electron chi connectivity index (χ3n) is 2.25. The number of esters is 1. The van der Waals surface area contributed by atoms with Gasteiger partial charge in [0.15, 0.2) is 6.61 Å². The Morgan fingerprint density at radius 1 is 1.59 bits per heavy atom. The summed E-state index contributed by atoms with van der Waals surface area (Å²) in [5.74, 6) is -0.778. The fourth-order valence-electron chi connectivity index (χ4n) is 1.29. The maximum Gasteiger partial charge on any atom is 0.328 e. The van der Waals surface area contributed by atoms with Crippen LogP contribution in [0.3, 0.4) is 0 Å². The van der Waals surface area contributed by atoms with Gasteiger partial charge < -0.3 is 15.8 Å². The number of amides is 1. The molecule has 0 atom stereocenters. The Kier molecular flexibility index (Phi) is 3.27. The summed E-state index contributed by atoms with van der Waals surface area (Å²) in [5, 5.41) is 6.55. The van der Waals surface area contributed by atoms with E-state index < -0.39 is 5.97 Å². The molecule has 1 heterocycles. The Labute approximate surface area is 97.9 Å². The number of anilines is 1. The van der Waals surface area contributed by atoms with Crippen LogP contribution in [0.25, 0.3) is 0 Å². The number of nitrogens with zero attached hydrogens (tertiary/aromatic N) is 2. The second-order valence-corrected chi connectivity index (χ2v) is 3.97. The second-order valence-electron chi connectivity index (χ2n) is 3.97. The average Bonchev–Trinajstić information content (AvgIpc) is 2.99. The molecular weight excluding hydrogens is 224 g/mol.